The van der Waals surface area contributed by atoms with E-state index in [9.17, 15) is 8.42 Å². The monoisotopic (exact) mass is 374 g/mol. The highest BCUT2D eigenvalue weighted by Crippen LogP contribution is 2.37. The van der Waals surface area contributed by atoms with Gasteiger partial charge in [0.2, 0.25) is 10.0 Å². The molecule has 1 aliphatic carbocycles. The Kier molecular flexibility index (Phi) is 5.13. The zero-order chi connectivity index (χ0) is 15.7. The van der Waals surface area contributed by atoms with Crippen molar-refractivity contribution in [3.05, 3.63) is 34.3 Å². The lowest BCUT2D eigenvalue weighted by molar-refractivity contribution is 0.268. The Morgan fingerprint density at radius 3 is 2.33 bits per heavy atom. The van der Waals surface area contributed by atoms with Crippen molar-refractivity contribution in [2.75, 3.05) is 12.8 Å². The molecule has 0 aliphatic heterocycles. The molecule has 118 valence electrons. The van der Waals surface area contributed by atoms with Crippen LogP contribution in [0, 0.1) is 0 Å². The Labute approximate surface area is 135 Å². The van der Waals surface area contributed by atoms with E-state index in [4.69, 9.17) is 0 Å². The van der Waals surface area contributed by atoms with Gasteiger partial charge < -0.3 is 5.32 Å². The van der Waals surface area contributed by atoms with Crippen molar-refractivity contribution in [3.8, 4) is 0 Å². The van der Waals surface area contributed by atoms with Crippen LogP contribution < -0.4 is 10.0 Å². The lowest BCUT2D eigenvalue weighted by atomic mass is 9.75. The quantitative estimate of drug-likeness (QED) is 0.804. The molecule has 0 unspecified atom stereocenters. The third-order valence-corrected chi connectivity index (χ3v) is 5.23. The summed E-state index contributed by atoms with van der Waals surface area (Å²) >= 11 is 3.45. The Hall–Kier alpha value is -0.430. The van der Waals surface area contributed by atoms with Crippen molar-refractivity contribution < 1.29 is 8.42 Å². The standard InChI is InChI=1S/C15H23BrN2O2S/c1-15(2,18-21(3,19)20)10-17-14-8-12(9-14)11-4-6-13(16)7-5-11/h4-7,12,14,17-18H,8-10H2,1-3H3. The maximum atomic E-state index is 11.3. The summed E-state index contributed by atoms with van der Waals surface area (Å²) in [6.07, 6.45) is 3.41. The summed E-state index contributed by atoms with van der Waals surface area (Å²) in [5.74, 6) is 0.613. The van der Waals surface area contributed by atoms with Crippen LogP contribution in [-0.2, 0) is 10.0 Å². The topological polar surface area (TPSA) is 58.2 Å². The van der Waals surface area contributed by atoms with E-state index >= 15 is 0 Å². The van der Waals surface area contributed by atoms with Gasteiger partial charge in [0.05, 0.1) is 6.26 Å². The molecule has 0 spiro atoms. The lowest BCUT2D eigenvalue weighted by Crippen LogP contribution is -2.53. The van der Waals surface area contributed by atoms with E-state index in [1.165, 1.54) is 11.8 Å². The zero-order valence-corrected chi connectivity index (χ0v) is 15.1. The summed E-state index contributed by atoms with van der Waals surface area (Å²) in [6.45, 7) is 4.43. The summed E-state index contributed by atoms with van der Waals surface area (Å²) < 4.78 is 26.4. The highest BCUT2D eigenvalue weighted by Gasteiger charge is 2.31. The van der Waals surface area contributed by atoms with E-state index in [1.54, 1.807) is 0 Å². The first kappa shape index (κ1) is 16.9. The van der Waals surface area contributed by atoms with Crippen LogP contribution in [-0.4, -0.2) is 32.8 Å². The number of benzene rings is 1. The van der Waals surface area contributed by atoms with E-state index < -0.39 is 15.6 Å². The highest BCUT2D eigenvalue weighted by atomic mass is 79.9. The van der Waals surface area contributed by atoms with Gasteiger partial charge in [-0.15, -0.1) is 0 Å². The van der Waals surface area contributed by atoms with E-state index in [-0.39, 0.29) is 0 Å². The first-order valence-electron chi connectivity index (χ1n) is 7.12. The smallest absolute Gasteiger partial charge is 0.209 e. The van der Waals surface area contributed by atoms with Crippen LogP contribution in [0.25, 0.3) is 0 Å². The molecule has 0 radical (unpaired) electrons. The highest BCUT2D eigenvalue weighted by molar-refractivity contribution is 9.10. The summed E-state index contributed by atoms with van der Waals surface area (Å²) in [6, 6.07) is 8.96. The minimum atomic E-state index is -3.17. The molecule has 1 aromatic carbocycles. The molecule has 0 atom stereocenters. The van der Waals surface area contributed by atoms with Gasteiger partial charge in [0.15, 0.2) is 0 Å². The molecule has 4 nitrogen and oxygen atoms in total. The predicted molar refractivity (Wildman–Crippen MR) is 90.0 cm³/mol. The second kappa shape index (κ2) is 6.36. The Morgan fingerprint density at radius 2 is 1.81 bits per heavy atom. The lowest BCUT2D eigenvalue weighted by Gasteiger charge is -2.38. The van der Waals surface area contributed by atoms with Gasteiger partial charge >= 0.3 is 0 Å². The molecular formula is C15H23BrN2O2S. The van der Waals surface area contributed by atoms with Gasteiger partial charge in [-0.25, -0.2) is 13.1 Å². The fourth-order valence-corrected chi connectivity index (χ4v) is 4.07. The molecule has 6 heteroatoms. The van der Waals surface area contributed by atoms with Crippen LogP contribution in [0.4, 0.5) is 0 Å². The van der Waals surface area contributed by atoms with Crippen molar-refractivity contribution in [3.63, 3.8) is 0 Å². The minimum absolute atomic E-state index is 0.462. The van der Waals surface area contributed by atoms with Crippen molar-refractivity contribution in [2.45, 2.75) is 44.2 Å². The Bertz CT molecular complexity index is 578. The summed E-state index contributed by atoms with van der Waals surface area (Å²) in [7, 11) is -3.17. The summed E-state index contributed by atoms with van der Waals surface area (Å²) in [5, 5.41) is 3.46. The largest absolute Gasteiger partial charge is 0.312 e. The molecule has 0 amide bonds. The molecule has 1 aliphatic rings. The molecule has 1 saturated carbocycles. The van der Waals surface area contributed by atoms with Gasteiger partial charge in [0, 0.05) is 22.6 Å². The summed E-state index contributed by atoms with van der Waals surface area (Å²) in [5.41, 5.74) is 0.917. The minimum Gasteiger partial charge on any atom is -0.312 e. The number of nitrogens with one attached hydrogen (secondary N) is 2. The van der Waals surface area contributed by atoms with Crippen LogP contribution in [0.3, 0.4) is 0 Å². The van der Waals surface area contributed by atoms with Gasteiger partial charge in [0.25, 0.3) is 0 Å². The Morgan fingerprint density at radius 1 is 1.24 bits per heavy atom. The molecule has 2 rings (SSSR count). The molecule has 0 bridgehead atoms. The molecule has 0 saturated heterocycles. The SMILES string of the molecule is CC(C)(CNC1CC(c2ccc(Br)cc2)C1)NS(C)(=O)=O. The van der Waals surface area contributed by atoms with E-state index in [0.29, 0.717) is 18.5 Å². The van der Waals surface area contributed by atoms with Gasteiger partial charge in [-0.3, -0.25) is 0 Å². The molecule has 0 heterocycles. The summed E-state index contributed by atoms with van der Waals surface area (Å²) in [4.78, 5) is 0. The second-order valence-corrected chi connectivity index (χ2v) is 9.22. The van der Waals surface area contributed by atoms with E-state index in [2.05, 4.69) is 50.2 Å². The van der Waals surface area contributed by atoms with Crippen LogP contribution in [0.2, 0.25) is 0 Å². The average Bonchev–Trinajstić information content (AvgIpc) is 2.26. The molecule has 0 aromatic heterocycles. The third-order valence-electron chi connectivity index (χ3n) is 3.77. The normalized spacial score (nSPS) is 22.9. The van der Waals surface area contributed by atoms with Crippen LogP contribution in [0.5, 0.6) is 0 Å². The van der Waals surface area contributed by atoms with Gasteiger partial charge in [-0.1, -0.05) is 28.1 Å². The van der Waals surface area contributed by atoms with Gasteiger partial charge in [-0.05, 0) is 50.3 Å². The Balaban J connectivity index is 1.77. The van der Waals surface area contributed by atoms with Crippen LogP contribution >= 0.6 is 15.9 Å². The van der Waals surface area contributed by atoms with Crippen molar-refractivity contribution in [2.24, 2.45) is 0 Å². The second-order valence-electron chi connectivity index (χ2n) is 6.56. The molecular weight excluding hydrogens is 352 g/mol. The van der Waals surface area contributed by atoms with Gasteiger partial charge in [0.1, 0.15) is 0 Å². The number of sulfonamides is 1. The maximum Gasteiger partial charge on any atom is 0.209 e. The first-order chi connectivity index (χ1) is 9.65. The van der Waals surface area contributed by atoms with Crippen molar-refractivity contribution in [1.29, 1.82) is 0 Å². The van der Waals surface area contributed by atoms with Crippen molar-refractivity contribution in [1.82, 2.24) is 10.0 Å². The number of hydrogen-bond donors (Lipinski definition) is 2. The third kappa shape index (κ3) is 5.36. The molecule has 2 N–H and O–H groups in total. The predicted octanol–water partition coefficient (Wildman–Crippen LogP) is 2.61. The number of halogens is 1. The van der Waals surface area contributed by atoms with Gasteiger partial charge in [-0.2, -0.15) is 0 Å². The maximum absolute atomic E-state index is 11.3. The van der Waals surface area contributed by atoms with Crippen molar-refractivity contribution >= 4 is 26.0 Å². The van der Waals surface area contributed by atoms with E-state index in [1.807, 2.05) is 13.8 Å². The molecule has 1 fully saturated rings. The van der Waals surface area contributed by atoms with Crippen LogP contribution in [0.1, 0.15) is 38.2 Å². The molecule has 21 heavy (non-hydrogen) atoms. The fraction of sp³-hybridized carbons (Fsp3) is 0.600. The fourth-order valence-electron chi connectivity index (χ4n) is 2.73. The van der Waals surface area contributed by atoms with Crippen LogP contribution in [0.15, 0.2) is 28.7 Å². The zero-order valence-electron chi connectivity index (χ0n) is 12.7. The number of rotatable bonds is 6. The molecule has 1 aromatic rings. The van der Waals surface area contributed by atoms with E-state index in [0.717, 1.165) is 17.3 Å². The average molecular weight is 375 g/mol. The number of hydrogen-bond acceptors (Lipinski definition) is 3. The first-order valence-corrected chi connectivity index (χ1v) is 9.81.